The van der Waals surface area contributed by atoms with Crippen molar-refractivity contribution in [1.29, 1.82) is 0 Å². The summed E-state index contributed by atoms with van der Waals surface area (Å²) in [5, 5.41) is 2.78. The molecule has 1 aromatic carbocycles. The molecule has 1 saturated heterocycles. The van der Waals surface area contributed by atoms with E-state index in [0.717, 1.165) is 30.4 Å². The maximum Gasteiger partial charge on any atom is 0.252 e. The Labute approximate surface area is 121 Å². The zero-order valence-electron chi connectivity index (χ0n) is 10.7. The number of rotatable bonds is 4. The van der Waals surface area contributed by atoms with Crippen LogP contribution in [0.3, 0.4) is 0 Å². The molecular formula is C14H17BrN2O2. The lowest BCUT2D eigenvalue weighted by Crippen LogP contribution is -2.32. The Hall–Kier alpha value is -1.36. The Kier molecular flexibility index (Phi) is 4.96. The SMILES string of the molecule is O=C(NCCC(=O)N1CCCC1)c1ccccc1Br. The van der Waals surface area contributed by atoms with Crippen LogP contribution in [0.2, 0.25) is 0 Å². The van der Waals surface area contributed by atoms with Gasteiger partial charge in [-0.3, -0.25) is 9.59 Å². The van der Waals surface area contributed by atoms with Crippen molar-refractivity contribution in [3.8, 4) is 0 Å². The van der Waals surface area contributed by atoms with Crippen LogP contribution in [0.1, 0.15) is 29.6 Å². The van der Waals surface area contributed by atoms with E-state index in [1.54, 1.807) is 6.07 Å². The molecule has 4 nitrogen and oxygen atoms in total. The molecule has 0 aromatic heterocycles. The number of halogens is 1. The lowest BCUT2D eigenvalue weighted by atomic mass is 10.2. The summed E-state index contributed by atoms with van der Waals surface area (Å²) in [4.78, 5) is 25.6. The van der Waals surface area contributed by atoms with Crippen LogP contribution in [0.15, 0.2) is 28.7 Å². The van der Waals surface area contributed by atoms with Crippen molar-refractivity contribution in [2.24, 2.45) is 0 Å². The normalized spacial score (nSPS) is 14.5. The minimum atomic E-state index is -0.151. The largest absolute Gasteiger partial charge is 0.351 e. The molecule has 1 aromatic rings. The average Bonchev–Trinajstić information content (AvgIpc) is 2.93. The van der Waals surface area contributed by atoms with Crippen LogP contribution in [-0.2, 0) is 4.79 Å². The lowest BCUT2D eigenvalue weighted by molar-refractivity contribution is -0.129. The molecule has 0 atom stereocenters. The predicted molar refractivity (Wildman–Crippen MR) is 76.9 cm³/mol. The third-order valence-electron chi connectivity index (χ3n) is 3.20. The zero-order valence-corrected chi connectivity index (χ0v) is 12.3. The van der Waals surface area contributed by atoms with Gasteiger partial charge >= 0.3 is 0 Å². The third-order valence-corrected chi connectivity index (χ3v) is 3.89. The Balaban J connectivity index is 1.78. The fourth-order valence-corrected chi connectivity index (χ4v) is 2.61. The van der Waals surface area contributed by atoms with E-state index in [9.17, 15) is 9.59 Å². The highest BCUT2D eigenvalue weighted by Crippen LogP contribution is 2.15. The standard InChI is InChI=1S/C14H17BrN2O2/c15-12-6-2-1-5-11(12)14(19)16-8-7-13(18)17-9-3-4-10-17/h1-2,5-6H,3-4,7-10H2,(H,16,19). The summed E-state index contributed by atoms with van der Waals surface area (Å²) in [6.07, 6.45) is 2.56. The van der Waals surface area contributed by atoms with E-state index in [0.29, 0.717) is 18.5 Å². The van der Waals surface area contributed by atoms with Gasteiger partial charge in [0.15, 0.2) is 0 Å². The van der Waals surface area contributed by atoms with Crippen molar-refractivity contribution >= 4 is 27.7 Å². The van der Waals surface area contributed by atoms with Crippen molar-refractivity contribution in [2.45, 2.75) is 19.3 Å². The molecule has 0 spiro atoms. The van der Waals surface area contributed by atoms with Gasteiger partial charge in [-0.25, -0.2) is 0 Å². The molecule has 1 N–H and O–H groups in total. The molecule has 1 aliphatic rings. The highest BCUT2D eigenvalue weighted by molar-refractivity contribution is 9.10. The van der Waals surface area contributed by atoms with E-state index in [4.69, 9.17) is 0 Å². The first-order valence-corrected chi connectivity index (χ1v) is 7.28. The summed E-state index contributed by atoms with van der Waals surface area (Å²) < 4.78 is 0.762. The Morgan fingerprint density at radius 1 is 1.21 bits per heavy atom. The third kappa shape index (κ3) is 3.80. The van der Waals surface area contributed by atoms with E-state index in [1.165, 1.54) is 0 Å². The van der Waals surface area contributed by atoms with Crippen LogP contribution < -0.4 is 5.32 Å². The molecule has 0 unspecified atom stereocenters. The number of hydrogen-bond acceptors (Lipinski definition) is 2. The number of nitrogens with zero attached hydrogens (tertiary/aromatic N) is 1. The van der Waals surface area contributed by atoms with Crippen molar-refractivity contribution in [3.63, 3.8) is 0 Å². The van der Waals surface area contributed by atoms with Crippen molar-refractivity contribution in [2.75, 3.05) is 19.6 Å². The van der Waals surface area contributed by atoms with Gasteiger partial charge in [0, 0.05) is 30.5 Å². The van der Waals surface area contributed by atoms with Gasteiger partial charge in [-0.1, -0.05) is 12.1 Å². The minimum absolute atomic E-state index is 0.130. The molecule has 0 aliphatic carbocycles. The Bertz CT molecular complexity index is 470. The lowest BCUT2D eigenvalue weighted by Gasteiger charge is -2.15. The van der Waals surface area contributed by atoms with Gasteiger partial charge in [-0.2, -0.15) is 0 Å². The maximum atomic E-state index is 11.9. The first-order chi connectivity index (χ1) is 9.18. The van der Waals surface area contributed by atoms with Crippen molar-refractivity contribution < 1.29 is 9.59 Å². The maximum absolute atomic E-state index is 11.9. The van der Waals surface area contributed by atoms with Gasteiger partial charge in [0.05, 0.1) is 5.56 Å². The van der Waals surface area contributed by atoms with Crippen LogP contribution in [-0.4, -0.2) is 36.3 Å². The van der Waals surface area contributed by atoms with Gasteiger partial charge in [-0.05, 0) is 40.9 Å². The number of likely N-dealkylation sites (tertiary alicyclic amines) is 1. The van der Waals surface area contributed by atoms with Crippen LogP contribution in [0.4, 0.5) is 0 Å². The fraction of sp³-hybridized carbons (Fsp3) is 0.429. The summed E-state index contributed by atoms with van der Waals surface area (Å²) >= 11 is 3.34. The van der Waals surface area contributed by atoms with Gasteiger partial charge in [0.2, 0.25) is 5.91 Å². The summed E-state index contributed by atoms with van der Waals surface area (Å²) in [5.74, 6) is -0.0216. The number of carbonyl (C=O) groups excluding carboxylic acids is 2. The molecule has 2 rings (SSSR count). The fourth-order valence-electron chi connectivity index (χ4n) is 2.15. The smallest absolute Gasteiger partial charge is 0.252 e. The van der Waals surface area contributed by atoms with Crippen LogP contribution in [0.5, 0.6) is 0 Å². The quantitative estimate of drug-likeness (QED) is 0.923. The van der Waals surface area contributed by atoms with E-state index >= 15 is 0 Å². The first kappa shape index (κ1) is 14.1. The van der Waals surface area contributed by atoms with E-state index < -0.39 is 0 Å². The molecule has 0 bridgehead atoms. The molecule has 1 heterocycles. The highest BCUT2D eigenvalue weighted by Gasteiger charge is 2.17. The summed E-state index contributed by atoms with van der Waals surface area (Å²) in [5.41, 5.74) is 0.594. The van der Waals surface area contributed by atoms with Crippen LogP contribution >= 0.6 is 15.9 Å². The molecule has 1 fully saturated rings. The molecule has 5 heteroatoms. The molecule has 0 saturated carbocycles. The van der Waals surface area contributed by atoms with E-state index in [2.05, 4.69) is 21.2 Å². The molecule has 102 valence electrons. The Morgan fingerprint density at radius 3 is 2.58 bits per heavy atom. The summed E-state index contributed by atoms with van der Waals surface area (Å²) in [7, 11) is 0. The van der Waals surface area contributed by atoms with Gasteiger partial charge < -0.3 is 10.2 Å². The predicted octanol–water partition coefficient (Wildman–Crippen LogP) is 2.19. The number of amides is 2. The van der Waals surface area contributed by atoms with Gasteiger partial charge in [-0.15, -0.1) is 0 Å². The molecule has 1 aliphatic heterocycles. The second-order valence-electron chi connectivity index (χ2n) is 4.57. The second-order valence-corrected chi connectivity index (χ2v) is 5.43. The average molecular weight is 325 g/mol. The monoisotopic (exact) mass is 324 g/mol. The van der Waals surface area contributed by atoms with Crippen molar-refractivity contribution in [3.05, 3.63) is 34.3 Å². The summed E-state index contributed by atoms with van der Waals surface area (Å²) in [6.45, 7) is 2.10. The van der Waals surface area contributed by atoms with E-state index in [1.807, 2.05) is 23.1 Å². The molecule has 2 amide bonds. The van der Waals surface area contributed by atoms with Crippen molar-refractivity contribution in [1.82, 2.24) is 10.2 Å². The van der Waals surface area contributed by atoms with Crippen LogP contribution in [0.25, 0.3) is 0 Å². The molecule has 0 radical (unpaired) electrons. The number of carbonyl (C=O) groups is 2. The number of benzene rings is 1. The molecular weight excluding hydrogens is 308 g/mol. The highest BCUT2D eigenvalue weighted by atomic mass is 79.9. The van der Waals surface area contributed by atoms with Gasteiger partial charge in [0.1, 0.15) is 0 Å². The zero-order chi connectivity index (χ0) is 13.7. The molecule has 19 heavy (non-hydrogen) atoms. The first-order valence-electron chi connectivity index (χ1n) is 6.49. The minimum Gasteiger partial charge on any atom is -0.351 e. The Morgan fingerprint density at radius 2 is 1.89 bits per heavy atom. The number of nitrogens with one attached hydrogen (secondary N) is 1. The van der Waals surface area contributed by atoms with Crippen LogP contribution in [0, 0.1) is 0 Å². The topological polar surface area (TPSA) is 49.4 Å². The van der Waals surface area contributed by atoms with Gasteiger partial charge in [0.25, 0.3) is 5.91 Å². The van der Waals surface area contributed by atoms with E-state index in [-0.39, 0.29) is 11.8 Å². The second kappa shape index (κ2) is 6.70. The summed E-state index contributed by atoms with van der Waals surface area (Å²) in [6, 6.07) is 7.25. The number of hydrogen-bond donors (Lipinski definition) is 1.